The predicted molar refractivity (Wildman–Crippen MR) is 52.0 cm³/mol. The van der Waals surface area contributed by atoms with Gasteiger partial charge < -0.3 is 14.9 Å². The van der Waals surface area contributed by atoms with Gasteiger partial charge in [0.2, 0.25) is 0 Å². The highest BCUT2D eigenvalue weighted by Gasteiger charge is 2.23. The molecule has 0 atom stereocenters. The maximum absolute atomic E-state index is 10.7. The van der Waals surface area contributed by atoms with Crippen molar-refractivity contribution in [1.29, 1.82) is 0 Å². The summed E-state index contributed by atoms with van der Waals surface area (Å²) in [7, 11) is 0. The standard InChI is InChI=1S/C9H7BrO4/c10-7-4-1-2-14-6(4)3-5(8(7)11)9(12)13/h3,11H,1-2H2,(H,12,13). The van der Waals surface area contributed by atoms with Crippen LogP contribution in [0.15, 0.2) is 10.5 Å². The predicted octanol–water partition coefficient (Wildman–Crippen LogP) is 1.79. The minimum Gasteiger partial charge on any atom is -0.506 e. The van der Waals surface area contributed by atoms with E-state index in [2.05, 4.69) is 15.9 Å². The zero-order chi connectivity index (χ0) is 10.3. The first-order valence-electron chi connectivity index (χ1n) is 4.01. The number of aromatic hydroxyl groups is 1. The minimum atomic E-state index is -1.17. The van der Waals surface area contributed by atoms with Crippen molar-refractivity contribution in [3.8, 4) is 11.5 Å². The summed E-state index contributed by atoms with van der Waals surface area (Å²) in [5.41, 5.74) is 0.685. The van der Waals surface area contributed by atoms with Crippen LogP contribution >= 0.6 is 15.9 Å². The van der Waals surface area contributed by atoms with Crippen LogP contribution in [0.2, 0.25) is 0 Å². The average Bonchev–Trinajstić information content (AvgIpc) is 2.58. The summed E-state index contributed by atoms with van der Waals surface area (Å²) in [5.74, 6) is -0.865. The van der Waals surface area contributed by atoms with Gasteiger partial charge in [-0.2, -0.15) is 0 Å². The smallest absolute Gasteiger partial charge is 0.339 e. The third-order valence-electron chi connectivity index (χ3n) is 2.14. The Morgan fingerprint density at radius 1 is 1.57 bits per heavy atom. The van der Waals surface area contributed by atoms with Crippen LogP contribution < -0.4 is 4.74 Å². The molecule has 1 aliphatic rings. The number of ether oxygens (including phenoxy) is 1. The van der Waals surface area contributed by atoms with Gasteiger partial charge in [-0.05, 0) is 22.0 Å². The number of carbonyl (C=O) groups is 1. The lowest BCUT2D eigenvalue weighted by atomic mass is 10.1. The van der Waals surface area contributed by atoms with E-state index in [1.807, 2.05) is 0 Å². The molecule has 0 saturated carbocycles. The van der Waals surface area contributed by atoms with Gasteiger partial charge in [0.15, 0.2) is 0 Å². The number of hydrogen-bond acceptors (Lipinski definition) is 3. The molecule has 5 heteroatoms. The molecule has 74 valence electrons. The van der Waals surface area contributed by atoms with Gasteiger partial charge >= 0.3 is 5.97 Å². The van der Waals surface area contributed by atoms with Gasteiger partial charge in [0, 0.05) is 12.0 Å². The first-order valence-corrected chi connectivity index (χ1v) is 4.81. The number of carboxylic acids is 1. The van der Waals surface area contributed by atoms with Crippen molar-refractivity contribution in [2.45, 2.75) is 6.42 Å². The third-order valence-corrected chi connectivity index (χ3v) is 3.00. The Kier molecular flexibility index (Phi) is 2.11. The van der Waals surface area contributed by atoms with E-state index in [-0.39, 0.29) is 11.3 Å². The first kappa shape index (κ1) is 9.33. The molecule has 2 N–H and O–H groups in total. The first-order chi connectivity index (χ1) is 6.61. The van der Waals surface area contributed by atoms with E-state index in [1.165, 1.54) is 6.07 Å². The molecule has 1 heterocycles. The molecule has 0 saturated heterocycles. The molecule has 0 radical (unpaired) electrons. The van der Waals surface area contributed by atoms with Crippen molar-refractivity contribution in [3.63, 3.8) is 0 Å². The summed E-state index contributed by atoms with van der Waals surface area (Å²) in [6.45, 7) is 0.524. The summed E-state index contributed by atoms with van der Waals surface area (Å²) in [6.07, 6.45) is 0.684. The van der Waals surface area contributed by atoms with E-state index in [4.69, 9.17) is 9.84 Å². The van der Waals surface area contributed by atoms with Gasteiger partial charge in [0.05, 0.1) is 11.1 Å². The molecule has 2 rings (SSSR count). The van der Waals surface area contributed by atoms with Crippen molar-refractivity contribution in [2.75, 3.05) is 6.61 Å². The third kappa shape index (κ3) is 1.24. The molecule has 1 aromatic carbocycles. The van der Waals surface area contributed by atoms with Crippen LogP contribution in [0.25, 0.3) is 0 Å². The van der Waals surface area contributed by atoms with Gasteiger partial charge in [-0.1, -0.05) is 0 Å². The largest absolute Gasteiger partial charge is 0.506 e. The van der Waals surface area contributed by atoms with Crippen LogP contribution in [0.1, 0.15) is 15.9 Å². The number of hydrogen-bond donors (Lipinski definition) is 2. The summed E-state index contributed by atoms with van der Waals surface area (Å²) in [6, 6.07) is 1.35. The Morgan fingerprint density at radius 3 is 2.93 bits per heavy atom. The highest BCUT2D eigenvalue weighted by Crippen LogP contribution is 2.40. The number of halogens is 1. The van der Waals surface area contributed by atoms with Gasteiger partial charge in [0.25, 0.3) is 0 Å². The SMILES string of the molecule is O=C(O)c1cc2c(c(Br)c1O)CCO2. The summed E-state index contributed by atoms with van der Waals surface area (Å²) in [4.78, 5) is 10.7. The van der Waals surface area contributed by atoms with E-state index in [1.54, 1.807) is 0 Å². The lowest BCUT2D eigenvalue weighted by molar-refractivity contribution is 0.0693. The zero-order valence-corrected chi connectivity index (χ0v) is 8.67. The fraction of sp³-hybridized carbons (Fsp3) is 0.222. The lowest BCUT2D eigenvalue weighted by Crippen LogP contribution is -1.98. The van der Waals surface area contributed by atoms with Crippen LogP contribution in [0.5, 0.6) is 11.5 Å². The maximum atomic E-state index is 10.7. The molecule has 1 aliphatic heterocycles. The van der Waals surface area contributed by atoms with Crippen molar-refractivity contribution in [2.24, 2.45) is 0 Å². The van der Waals surface area contributed by atoms with Crippen molar-refractivity contribution in [1.82, 2.24) is 0 Å². The second kappa shape index (κ2) is 3.16. The fourth-order valence-electron chi connectivity index (χ4n) is 1.44. The van der Waals surface area contributed by atoms with E-state index < -0.39 is 5.97 Å². The molecule has 4 nitrogen and oxygen atoms in total. The summed E-state index contributed by atoms with van der Waals surface area (Å²) < 4.78 is 5.64. The molecule has 0 aliphatic carbocycles. The Bertz CT molecular complexity index is 414. The van der Waals surface area contributed by atoms with E-state index >= 15 is 0 Å². The second-order valence-corrected chi connectivity index (χ2v) is 3.76. The van der Waals surface area contributed by atoms with Crippen LogP contribution in [0.3, 0.4) is 0 Å². The minimum absolute atomic E-state index is 0.141. The van der Waals surface area contributed by atoms with Crippen LogP contribution in [-0.2, 0) is 6.42 Å². The molecule has 14 heavy (non-hydrogen) atoms. The van der Waals surface area contributed by atoms with Crippen molar-refractivity contribution < 1.29 is 19.7 Å². The maximum Gasteiger partial charge on any atom is 0.339 e. The molecule has 0 bridgehead atoms. The van der Waals surface area contributed by atoms with Gasteiger partial charge in [0.1, 0.15) is 17.1 Å². The van der Waals surface area contributed by atoms with Crippen molar-refractivity contribution in [3.05, 3.63) is 21.7 Å². The van der Waals surface area contributed by atoms with Crippen LogP contribution in [0, 0.1) is 0 Å². The Morgan fingerprint density at radius 2 is 2.29 bits per heavy atom. The van der Waals surface area contributed by atoms with Gasteiger partial charge in [-0.25, -0.2) is 4.79 Å². The van der Waals surface area contributed by atoms with E-state index in [9.17, 15) is 9.90 Å². The Labute approximate surface area is 88.3 Å². The van der Waals surface area contributed by atoms with Crippen molar-refractivity contribution >= 4 is 21.9 Å². The molecular weight excluding hydrogens is 252 g/mol. The molecule has 0 unspecified atom stereocenters. The zero-order valence-electron chi connectivity index (χ0n) is 7.08. The van der Waals surface area contributed by atoms with Crippen LogP contribution in [-0.4, -0.2) is 22.8 Å². The Hall–Kier alpha value is -1.23. The highest BCUT2D eigenvalue weighted by molar-refractivity contribution is 9.10. The number of aromatic carboxylic acids is 1. The molecule has 0 spiro atoms. The highest BCUT2D eigenvalue weighted by atomic mass is 79.9. The summed E-state index contributed by atoms with van der Waals surface area (Å²) >= 11 is 3.16. The number of benzene rings is 1. The van der Waals surface area contributed by atoms with Crippen LogP contribution in [0.4, 0.5) is 0 Å². The molecule has 0 amide bonds. The van der Waals surface area contributed by atoms with E-state index in [0.717, 1.165) is 5.56 Å². The number of rotatable bonds is 1. The Balaban J connectivity index is 2.67. The second-order valence-electron chi connectivity index (χ2n) is 2.97. The number of carboxylic acid groups (broad SMARTS) is 1. The fourth-order valence-corrected chi connectivity index (χ4v) is 2.05. The molecule has 1 aromatic rings. The van der Waals surface area contributed by atoms with E-state index in [0.29, 0.717) is 23.2 Å². The number of fused-ring (bicyclic) bond motifs is 1. The summed E-state index contributed by atoms with van der Waals surface area (Å²) in [5, 5.41) is 18.3. The van der Waals surface area contributed by atoms with Gasteiger partial charge in [-0.3, -0.25) is 0 Å². The molecule has 0 fully saturated rings. The topological polar surface area (TPSA) is 66.8 Å². The molecular formula is C9H7BrO4. The quantitative estimate of drug-likeness (QED) is 0.806. The lowest BCUT2D eigenvalue weighted by Gasteiger charge is -2.06. The molecule has 0 aromatic heterocycles. The normalized spacial score (nSPS) is 13.5. The average molecular weight is 259 g/mol. The number of phenols is 1. The van der Waals surface area contributed by atoms with Gasteiger partial charge in [-0.15, -0.1) is 0 Å². The monoisotopic (exact) mass is 258 g/mol.